The Hall–Kier alpha value is -0.590. The van der Waals surface area contributed by atoms with Gasteiger partial charge in [-0.05, 0) is 59.5 Å². The Morgan fingerprint density at radius 3 is 2.71 bits per heavy atom. The summed E-state index contributed by atoms with van der Waals surface area (Å²) in [5.74, 6) is 0. The van der Waals surface area contributed by atoms with Crippen LogP contribution in [0.5, 0.6) is 0 Å². The normalized spacial score (nSPS) is 29.6. The summed E-state index contributed by atoms with van der Waals surface area (Å²) < 4.78 is 0. The van der Waals surface area contributed by atoms with Gasteiger partial charge in [-0.3, -0.25) is 4.90 Å². The second-order valence-corrected chi connectivity index (χ2v) is 5.53. The zero-order valence-corrected chi connectivity index (χ0v) is 11.8. The molecule has 2 atom stereocenters. The van der Waals surface area contributed by atoms with Crippen molar-refractivity contribution in [3.63, 3.8) is 0 Å². The first-order chi connectivity index (χ1) is 8.08. The fourth-order valence-electron chi connectivity index (χ4n) is 3.03. The number of rotatable bonds is 5. The van der Waals surface area contributed by atoms with Crippen molar-refractivity contribution >= 4 is 0 Å². The summed E-state index contributed by atoms with van der Waals surface area (Å²) in [7, 11) is 1.92. The van der Waals surface area contributed by atoms with E-state index in [1.54, 1.807) is 0 Å². The van der Waals surface area contributed by atoms with E-state index < -0.39 is 0 Å². The highest BCUT2D eigenvalue weighted by Gasteiger charge is 2.37. The standard InChI is InChI=1S/C14H27N3/c1-5-9-17(12(2)3)13-7-6-8-14(10-13,11-15)16-4/h12-13,16H,5-10H2,1-4H3. The van der Waals surface area contributed by atoms with Crippen LogP contribution in [0.2, 0.25) is 0 Å². The monoisotopic (exact) mass is 237 g/mol. The second kappa shape index (κ2) is 6.37. The largest absolute Gasteiger partial charge is 0.302 e. The molecule has 0 radical (unpaired) electrons. The van der Waals surface area contributed by atoms with Crippen LogP contribution < -0.4 is 5.32 Å². The third-order valence-corrected chi connectivity index (χ3v) is 4.03. The summed E-state index contributed by atoms with van der Waals surface area (Å²) >= 11 is 0. The molecule has 0 heterocycles. The predicted octanol–water partition coefficient (Wildman–Crippen LogP) is 2.53. The Kier molecular flexibility index (Phi) is 5.42. The van der Waals surface area contributed by atoms with Crippen molar-refractivity contribution in [2.24, 2.45) is 0 Å². The molecule has 17 heavy (non-hydrogen) atoms. The van der Waals surface area contributed by atoms with Gasteiger partial charge >= 0.3 is 0 Å². The molecule has 3 heteroatoms. The van der Waals surface area contributed by atoms with Gasteiger partial charge in [0, 0.05) is 12.1 Å². The predicted molar refractivity (Wildman–Crippen MR) is 71.8 cm³/mol. The summed E-state index contributed by atoms with van der Waals surface area (Å²) in [4.78, 5) is 2.57. The van der Waals surface area contributed by atoms with E-state index in [4.69, 9.17) is 0 Å². The quantitative estimate of drug-likeness (QED) is 0.798. The van der Waals surface area contributed by atoms with Crippen LogP contribution in [0.15, 0.2) is 0 Å². The molecule has 1 N–H and O–H groups in total. The van der Waals surface area contributed by atoms with Crippen LogP contribution in [0.1, 0.15) is 52.9 Å². The topological polar surface area (TPSA) is 39.1 Å². The lowest BCUT2D eigenvalue weighted by Gasteiger charge is -2.43. The number of nitrogens with zero attached hydrogens (tertiary/aromatic N) is 2. The summed E-state index contributed by atoms with van der Waals surface area (Å²) in [5, 5.41) is 12.6. The minimum Gasteiger partial charge on any atom is -0.302 e. The molecule has 0 amide bonds. The lowest BCUT2D eigenvalue weighted by atomic mass is 9.79. The Labute approximate surface area is 106 Å². The SMILES string of the molecule is CCCN(C(C)C)C1CCCC(C#N)(NC)C1. The molecule has 0 saturated heterocycles. The Balaban J connectivity index is 2.73. The fraction of sp³-hybridized carbons (Fsp3) is 0.929. The summed E-state index contributed by atoms with van der Waals surface area (Å²) in [5.41, 5.74) is -0.288. The van der Waals surface area contributed by atoms with E-state index >= 15 is 0 Å². The molecule has 98 valence electrons. The molecule has 3 nitrogen and oxygen atoms in total. The van der Waals surface area contributed by atoms with Crippen molar-refractivity contribution in [2.75, 3.05) is 13.6 Å². The third-order valence-electron chi connectivity index (χ3n) is 4.03. The van der Waals surface area contributed by atoms with Gasteiger partial charge in [0.25, 0.3) is 0 Å². The van der Waals surface area contributed by atoms with Crippen LogP contribution in [0, 0.1) is 11.3 Å². The average Bonchev–Trinajstić information content (AvgIpc) is 2.35. The molecule has 0 aromatic rings. The van der Waals surface area contributed by atoms with Crippen molar-refractivity contribution in [2.45, 2.75) is 70.5 Å². The summed E-state index contributed by atoms with van der Waals surface area (Å²) in [6.07, 6.45) is 5.55. The lowest BCUT2D eigenvalue weighted by Crippen LogP contribution is -2.53. The van der Waals surface area contributed by atoms with Gasteiger partial charge in [-0.2, -0.15) is 5.26 Å². The maximum absolute atomic E-state index is 9.38. The second-order valence-electron chi connectivity index (χ2n) is 5.53. The smallest absolute Gasteiger partial charge is 0.108 e. The highest BCUT2D eigenvalue weighted by atomic mass is 15.2. The van der Waals surface area contributed by atoms with Gasteiger partial charge in [0.05, 0.1) is 6.07 Å². The van der Waals surface area contributed by atoms with Gasteiger partial charge in [0.15, 0.2) is 0 Å². The minimum absolute atomic E-state index is 0.288. The van der Waals surface area contributed by atoms with E-state index in [1.165, 1.54) is 12.8 Å². The van der Waals surface area contributed by atoms with Crippen LogP contribution in [0.3, 0.4) is 0 Å². The zero-order chi connectivity index (χ0) is 12.9. The van der Waals surface area contributed by atoms with Gasteiger partial charge in [-0.15, -0.1) is 0 Å². The van der Waals surface area contributed by atoms with Crippen molar-refractivity contribution in [1.82, 2.24) is 10.2 Å². The van der Waals surface area contributed by atoms with Crippen LogP contribution >= 0.6 is 0 Å². The third kappa shape index (κ3) is 3.43. The molecular weight excluding hydrogens is 210 g/mol. The zero-order valence-electron chi connectivity index (χ0n) is 11.8. The number of nitriles is 1. The fourth-order valence-corrected chi connectivity index (χ4v) is 3.03. The maximum atomic E-state index is 9.38. The van der Waals surface area contributed by atoms with Gasteiger partial charge in [-0.1, -0.05) is 6.92 Å². The molecule has 1 fully saturated rings. The van der Waals surface area contributed by atoms with Gasteiger partial charge in [0.1, 0.15) is 5.54 Å². The van der Waals surface area contributed by atoms with E-state index in [2.05, 4.69) is 37.1 Å². The molecule has 0 aliphatic heterocycles. The first-order valence-corrected chi connectivity index (χ1v) is 6.94. The van der Waals surface area contributed by atoms with Gasteiger partial charge in [-0.25, -0.2) is 0 Å². The molecule has 0 spiro atoms. The molecule has 0 aromatic carbocycles. The highest BCUT2D eigenvalue weighted by molar-refractivity contribution is 5.10. The summed E-state index contributed by atoms with van der Waals surface area (Å²) in [6, 6.07) is 3.64. The average molecular weight is 237 g/mol. The van der Waals surface area contributed by atoms with Crippen molar-refractivity contribution in [1.29, 1.82) is 5.26 Å². The van der Waals surface area contributed by atoms with Crippen molar-refractivity contribution < 1.29 is 0 Å². The maximum Gasteiger partial charge on any atom is 0.108 e. The molecule has 1 saturated carbocycles. The first-order valence-electron chi connectivity index (χ1n) is 6.94. The van der Waals surface area contributed by atoms with Crippen LogP contribution in [0.4, 0.5) is 0 Å². The van der Waals surface area contributed by atoms with Gasteiger partial charge < -0.3 is 5.32 Å². The number of hydrogen-bond donors (Lipinski definition) is 1. The van der Waals surface area contributed by atoms with Crippen LogP contribution in [-0.4, -0.2) is 36.1 Å². The van der Waals surface area contributed by atoms with E-state index in [-0.39, 0.29) is 5.54 Å². The van der Waals surface area contributed by atoms with Crippen LogP contribution in [0.25, 0.3) is 0 Å². The van der Waals surface area contributed by atoms with E-state index in [0.29, 0.717) is 12.1 Å². The molecule has 1 aliphatic rings. The molecule has 1 aliphatic carbocycles. The highest BCUT2D eigenvalue weighted by Crippen LogP contribution is 2.31. The summed E-state index contributed by atoms with van der Waals surface area (Å²) in [6.45, 7) is 7.90. The van der Waals surface area contributed by atoms with Crippen LogP contribution in [-0.2, 0) is 0 Å². The molecule has 0 aromatic heterocycles. The van der Waals surface area contributed by atoms with Crippen molar-refractivity contribution in [3.05, 3.63) is 0 Å². The van der Waals surface area contributed by atoms with E-state index in [1.807, 2.05) is 7.05 Å². The Morgan fingerprint density at radius 1 is 1.53 bits per heavy atom. The lowest BCUT2D eigenvalue weighted by molar-refractivity contribution is 0.0943. The minimum atomic E-state index is -0.288. The number of nitrogens with one attached hydrogen (secondary N) is 1. The molecular formula is C14H27N3. The molecule has 0 bridgehead atoms. The van der Waals surface area contributed by atoms with Crippen molar-refractivity contribution in [3.8, 4) is 6.07 Å². The first kappa shape index (κ1) is 14.5. The molecule has 2 unspecified atom stereocenters. The van der Waals surface area contributed by atoms with E-state index in [9.17, 15) is 5.26 Å². The Morgan fingerprint density at radius 2 is 2.24 bits per heavy atom. The Bertz CT molecular complexity index is 269. The number of hydrogen-bond acceptors (Lipinski definition) is 3. The van der Waals surface area contributed by atoms with Gasteiger partial charge in [0.2, 0.25) is 0 Å². The molecule has 1 rings (SSSR count). The van der Waals surface area contributed by atoms with E-state index in [0.717, 1.165) is 25.8 Å².